The Morgan fingerprint density at radius 3 is 2.35 bits per heavy atom. The SMILES string of the molecule is CC(=O)Nc1nnc(S(=O)(=O)N2CCN(CC(C)(C)C)CC2)s1. The van der Waals surface area contributed by atoms with Crippen molar-refractivity contribution in [2.75, 3.05) is 38.0 Å². The van der Waals surface area contributed by atoms with Crippen molar-refractivity contribution in [3.63, 3.8) is 0 Å². The highest BCUT2D eigenvalue weighted by Crippen LogP contribution is 2.25. The average Bonchev–Trinajstić information content (AvgIpc) is 2.85. The number of carbonyl (C=O) groups excluding carboxylic acids is 1. The molecule has 1 saturated heterocycles. The largest absolute Gasteiger partial charge is 0.301 e. The summed E-state index contributed by atoms with van der Waals surface area (Å²) in [6.45, 7) is 11.1. The van der Waals surface area contributed by atoms with Crippen molar-refractivity contribution in [1.29, 1.82) is 0 Å². The van der Waals surface area contributed by atoms with Crippen LogP contribution in [0.25, 0.3) is 0 Å². The number of carbonyl (C=O) groups is 1. The number of piperazine rings is 1. The summed E-state index contributed by atoms with van der Waals surface area (Å²) in [4.78, 5) is 13.3. The molecule has 0 spiro atoms. The first-order chi connectivity index (χ1) is 10.6. The van der Waals surface area contributed by atoms with E-state index in [4.69, 9.17) is 0 Å². The Labute approximate surface area is 140 Å². The number of hydrogen-bond acceptors (Lipinski definition) is 7. The van der Waals surface area contributed by atoms with E-state index in [9.17, 15) is 13.2 Å². The van der Waals surface area contributed by atoms with Gasteiger partial charge < -0.3 is 10.2 Å². The second kappa shape index (κ2) is 6.80. The summed E-state index contributed by atoms with van der Waals surface area (Å²) >= 11 is 0.875. The highest BCUT2D eigenvalue weighted by Gasteiger charge is 2.32. The third kappa shape index (κ3) is 4.93. The number of hydrogen-bond donors (Lipinski definition) is 1. The topological polar surface area (TPSA) is 95.5 Å². The summed E-state index contributed by atoms with van der Waals surface area (Å²) < 4.78 is 26.5. The molecule has 1 aromatic rings. The second-order valence-corrected chi connectivity index (χ2v) is 9.88. The van der Waals surface area contributed by atoms with Crippen LogP contribution in [-0.4, -0.2) is 66.5 Å². The molecule has 0 atom stereocenters. The third-order valence-corrected chi connectivity index (χ3v) is 6.36. The van der Waals surface area contributed by atoms with Crippen LogP contribution < -0.4 is 5.32 Å². The lowest BCUT2D eigenvalue weighted by Gasteiger charge is -2.36. The van der Waals surface area contributed by atoms with Crippen molar-refractivity contribution in [2.24, 2.45) is 5.41 Å². The molecule has 10 heteroatoms. The molecule has 0 aromatic carbocycles. The van der Waals surface area contributed by atoms with Gasteiger partial charge in [0.25, 0.3) is 10.0 Å². The molecule has 2 heterocycles. The van der Waals surface area contributed by atoms with Crippen LogP contribution >= 0.6 is 11.3 Å². The van der Waals surface area contributed by atoms with Gasteiger partial charge in [0.2, 0.25) is 15.4 Å². The first-order valence-corrected chi connectivity index (χ1v) is 9.67. The minimum absolute atomic E-state index is 0.0782. The quantitative estimate of drug-likeness (QED) is 0.799. The number of aromatic nitrogens is 2. The molecule has 1 N–H and O–H groups in total. The molecule has 0 saturated carbocycles. The van der Waals surface area contributed by atoms with Gasteiger partial charge in [-0.3, -0.25) is 4.79 Å². The first kappa shape index (κ1) is 18.2. The van der Waals surface area contributed by atoms with Gasteiger partial charge in [0.15, 0.2) is 0 Å². The number of amides is 1. The van der Waals surface area contributed by atoms with E-state index >= 15 is 0 Å². The van der Waals surface area contributed by atoms with Crippen molar-refractivity contribution in [3.05, 3.63) is 0 Å². The Hall–Kier alpha value is -1.10. The molecule has 1 aromatic heterocycles. The van der Waals surface area contributed by atoms with Crippen molar-refractivity contribution in [1.82, 2.24) is 19.4 Å². The summed E-state index contributed by atoms with van der Waals surface area (Å²) in [6, 6.07) is 0. The Morgan fingerprint density at radius 1 is 1.22 bits per heavy atom. The minimum atomic E-state index is -3.64. The molecule has 2 rings (SSSR count). The first-order valence-electron chi connectivity index (χ1n) is 7.41. The van der Waals surface area contributed by atoms with Crippen LogP contribution in [0, 0.1) is 5.41 Å². The number of anilines is 1. The summed E-state index contributed by atoms with van der Waals surface area (Å²) in [5.41, 5.74) is 0.188. The van der Waals surface area contributed by atoms with Gasteiger partial charge in [0, 0.05) is 39.6 Å². The fourth-order valence-electron chi connectivity index (χ4n) is 2.42. The van der Waals surface area contributed by atoms with Crippen molar-refractivity contribution in [2.45, 2.75) is 32.0 Å². The van der Waals surface area contributed by atoms with Crippen molar-refractivity contribution < 1.29 is 13.2 Å². The van der Waals surface area contributed by atoms with E-state index in [2.05, 4.69) is 41.2 Å². The zero-order chi connectivity index (χ0) is 17.3. The van der Waals surface area contributed by atoms with Crippen LogP contribution in [0.5, 0.6) is 0 Å². The lowest BCUT2D eigenvalue weighted by atomic mass is 9.96. The Morgan fingerprint density at radius 2 is 1.83 bits per heavy atom. The van der Waals surface area contributed by atoms with Crippen LogP contribution in [0.3, 0.4) is 0 Å². The van der Waals surface area contributed by atoms with Gasteiger partial charge in [-0.2, -0.15) is 4.31 Å². The average molecular weight is 361 g/mol. The van der Waals surface area contributed by atoms with Crippen LogP contribution in [-0.2, 0) is 14.8 Å². The van der Waals surface area contributed by atoms with Gasteiger partial charge in [-0.15, -0.1) is 10.2 Å². The highest BCUT2D eigenvalue weighted by molar-refractivity contribution is 7.91. The predicted octanol–water partition coefficient (Wildman–Crippen LogP) is 0.849. The normalized spacial score (nSPS) is 18.1. The summed E-state index contributed by atoms with van der Waals surface area (Å²) in [5, 5.41) is 10.1. The van der Waals surface area contributed by atoms with Crippen LogP contribution in [0.4, 0.5) is 5.13 Å². The molecule has 0 radical (unpaired) electrons. The summed E-state index contributed by atoms with van der Waals surface area (Å²) in [7, 11) is -3.64. The highest BCUT2D eigenvalue weighted by atomic mass is 32.2. The Bertz CT molecular complexity index is 657. The lowest BCUT2D eigenvalue weighted by molar-refractivity contribution is -0.114. The molecule has 0 bridgehead atoms. The van der Waals surface area contributed by atoms with E-state index in [0.29, 0.717) is 26.2 Å². The lowest BCUT2D eigenvalue weighted by Crippen LogP contribution is -2.50. The number of sulfonamides is 1. The van der Waals surface area contributed by atoms with Gasteiger partial charge >= 0.3 is 0 Å². The van der Waals surface area contributed by atoms with Gasteiger partial charge in [0.05, 0.1) is 0 Å². The van der Waals surface area contributed by atoms with Gasteiger partial charge in [-0.25, -0.2) is 8.42 Å². The summed E-state index contributed by atoms with van der Waals surface area (Å²) in [6.07, 6.45) is 0. The third-order valence-electron chi connectivity index (χ3n) is 3.28. The zero-order valence-electron chi connectivity index (χ0n) is 13.9. The van der Waals surface area contributed by atoms with Crippen molar-refractivity contribution >= 4 is 32.4 Å². The maximum absolute atomic E-state index is 12.6. The fourth-order valence-corrected chi connectivity index (χ4v) is 4.93. The molecule has 0 aliphatic carbocycles. The van der Waals surface area contributed by atoms with E-state index in [-0.39, 0.29) is 20.8 Å². The van der Waals surface area contributed by atoms with Gasteiger partial charge in [0.1, 0.15) is 0 Å². The minimum Gasteiger partial charge on any atom is -0.301 e. The van der Waals surface area contributed by atoms with E-state index in [1.165, 1.54) is 11.2 Å². The van der Waals surface area contributed by atoms with Crippen LogP contribution in [0.15, 0.2) is 4.34 Å². The second-order valence-electron chi connectivity index (χ2n) is 6.80. The summed E-state index contributed by atoms with van der Waals surface area (Å²) in [5.74, 6) is -0.305. The Balaban J connectivity index is 2.01. The molecular weight excluding hydrogens is 338 g/mol. The van der Waals surface area contributed by atoms with Crippen LogP contribution in [0.1, 0.15) is 27.7 Å². The zero-order valence-corrected chi connectivity index (χ0v) is 15.5. The molecule has 0 unspecified atom stereocenters. The van der Waals surface area contributed by atoms with Gasteiger partial charge in [-0.05, 0) is 5.41 Å². The molecule has 130 valence electrons. The van der Waals surface area contributed by atoms with E-state index < -0.39 is 10.0 Å². The van der Waals surface area contributed by atoms with Crippen molar-refractivity contribution in [3.8, 4) is 0 Å². The smallest absolute Gasteiger partial charge is 0.272 e. The van der Waals surface area contributed by atoms with E-state index in [0.717, 1.165) is 17.9 Å². The molecule has 8 nitrogen and oxygen atoms in total. The molecule has 1 fully saturated rings. The van der Waals surface area contributed by atoms with E-state index in [1.807, 2.05) is 0 Å². The van der Waals surface area contributed by atoms with Gasteiger partial charge in [-0.1, -0.05) is 32.1 Å². The molecular formula is C13H23N5O3S2. The monoisotopic (exact) mass is 361 g/mol. The molecule has 1 aliphatic rings. The fraction of sp³-hybridized carbons (Fsp3) is 0.769. The Kier molecular flexibility index (Phi) is 5.39. The van der Waals surface area contributed by atoms with Crippen LogP contribution in [0.2, 0.25) is 0 Å². The number of nitrogens with zero attached hydrogens (tertiary/aromatic N) is 4. The standard InChI is InChI=1S/C13H23N5O3S2/c1-10(19)14-11-15-16-12(22-11)23(20,21)18-7-5-17(6-8-18)9-13(2,3)4/h5-9H2,1-4H3,(H,14,15,19). The van der Waals surface area contributed by atoms with E-state index in [1.54, 1.807) is 0 Å². The maximum atomic E-state index is 12.6. The molecule has 23 heavy (non-hydrogen) atoms. The number of nitrogens with one attached hydrogen (secondary N) is 1. The predicted molar refractivity (Wildman–Crippen MR) is 88.9 cm³/mol. The molecule has 1 amide bonds. The maximum Gasteiger partial charge on any atom is 0.272 e. The molecule has 1 aliphatic heterocycles. The number of rotatable bonds is 4.